The first-order valence-corrected chi connectivity index (χ1v) is 8.90. The van der Waals surface area contributed by atoms with Gasteiger partial charge in [-0.3, -0.25) is 0 Å². The van der Waals surface area contributed by atoms with Crippen LogP contribution in [0.25, 0.3) is 0 Å². The largest absolute Gasteiger partial charge is 0.207 e. The summed E-state index contributed by atoms with van der Waals surface area (Å²) >= 11 is 5.08. The highest BCUT2D eigenvalue weighted by Crippen LogP contribution is 2.41. The van der Waals surface area contributed by atoms with Gasteiger partial charge in [0.05, 0.1) is 0 Å². The van der Waals surface area contributed by atoms with Crippen molar-refractivity contribution in [1.82, 2.24) is 0 Å². The van der Waals surface area contributed by atoms with Gasteiger partial charge in [-0.05, 0) is 36.5 Å². The smallest absolute Gasteiger partial charge is 0.136 e. The van der Waals surface area contributed by atoms with Crippen molar-refractivity contribution in [3.8, 4) is 0 Å². The van der Waals surface area contributed by atoms with E-state index in [1.54, 1.807) is 0 Å². The van der Waals surface area contributed by atoms with E-state index >= 15 is 0 Å². The van der Waals surface area contributed by atoms with E-state index in [0.717, 1.165) is 11.1 Å². The summed E-state index contributed by atoms with van der Waals surface area (Å²) in [5.41, 5.74) is 0.236. The van der Waals surface area contributed by atoms with Crippen LogP contribution in [0.2, 0.25) is 0 Å². The standard InChI is InChI=1S/C15H19BrF2S/c16-10-15(7-3-1-2-4-8-15)11-19-14-9-12(17)5-6-13(14)18/h5-6,9H,1-4,7-8,10-11H2. The van der Waals surface area contributed by atoms with Crippen LogP contribution in [0.1, 0.15) is 38.5 Å². The highest BCUT2D eigenvalue weighted by molar-refractivity contribution is 9.09. The normalized spacial score (nSPS) is 19.1. The Hall–Kier alpha value is -0.0900. The molecule has 0 radical (unpaired) electrons. The number of halogens is 3. The number of alkyl halides is 1. The average molecular weight is 349 g/mol. The Bertz CT molecular complexity index is 415. The molecule has 0 spiro atoms. The third kappa shape index (κ3) is 4.19. The van der Waals surface area contributed by atoms with E-state index in [1.807, 2.05) is 0 Å². The minimum Gasteiger partial charge on any atom is -0.207 e. The van der Waals surface area contributed by atoms with Crippen LogP contribution in [0.5, 0.6) is 0 Å². The van der Waals surface area contributed by atoms with Gasteiger partial charge in [0.25, 0.3) is 0 Å². The molecular formula is C15H19BrF2S. The summed E-state index contributed by atoms with van der Waals surface area (Å²) in [4.78, 5) is 0.435. The molecular weight excluding hydrogens is 330 g/mol. The maximum atomic E-state index is 13.6. The molecule has 1 fully saturated rings. The monoisotopic (exact) mass is 348 g/mol. The van der Waals surface area contributed by atoms with Gasteiger partial charge in [-0.1, -0.05) is 41.6 Å². The first kappa shape index (κ1) is 15.3. The van der Waals surface area contributed by atoms with Gasteiger partial charge in [0.15, 0.2) is 0 Å². The van der Waals surface area contributed by atoms with Crippen molar-refractivity contribution >= 4 is 27.7 Å². The van der Waals surface area contributed by atoms with Crippen LogP contribution in [-0.2, 0) is 0 Å². The second-order valence-electron chi connectivity index (χ2n) is 5.41. The maximum absolute atomic E-state index is 13.6. The molecule has 0 nitrogen and oxygen atoms in total. The zero-order valence-electron chi connectivity index (χ0n) is 10.9. The lowest BCUT2D eigenvalue weighted by atomic mass is 9.85. The van der Waals surface area contributed by atoms with Gasteiger partial charge in [0.1, 0.15) is 11.6 Å². The summed E-state index contributed by atoms with van der Waals surface area (Å²) in [6, 6.07) is 3.69. The van der Waals surface area contributed by atoms with Crippen molar-refractivity contribution in [2.75, 3.05) is 11.1 Å². The van der Waals surface area contributed by atoms with Crippen LogP contribution in [0, 0.1) is 17.0 Å². The molecule has 1 aromatic rings. The first-order valence-electron chi connectivity index (χ1n) is 6.79. The van der Waals surface area contributed by atoms with Crippen molar-refractivity contribution in [2.45, 2.75) is 43.4 Å². The quantitative estimate of drug-likeness (QED) is 0.376. The highest BCUT2D eigenvalue weighted by Gasteiger charge is 2.30. The molecule has 2 rings (SSSR count). The Balaban J connectivity index is 2.04. The zero-order chi connectivity index (χ0) is 13.7. The minimum atomic E-state index is -0.363. The summed E-state index contributed by atoms with van der Waals surface area (Å²) < 4.78 is 26.8. The molecule has 1 aliphatic rings. The minimum absolute atomic E-state index is 0.236. The summed E-state index contributed by atoms with van der Waals surface area (Å²) in [7, 11) is 0. The van der Waals surface area contributed by atoms with Crippen LogP contribution in [-0.4, -0.2) is 11.1 Å². The molecule has 0 aliphatic heterocycles. The number of thioether (sulfide) groups is 1. The molecule has 0 amide bonds. The topological polar surface area (TPSA) is 0 Å². The molecule has 0 heterocycles. The fourth-order valence-electron chi connectivity index (χ4n) is 2.61. The van der Waals surface area contributed by atoms with Gasteiger partial charge in [-0.15, -0.1) is 11.8 Å². The van der Waals surface area contributed by atoms with Crippen LogP contribution >= 0.6 is 27.7 Å². The lowest BCUT2D eigenvalue weighted by molar-refractivity contribution is 0.334. The number of hydrogen-bond donors (Lipinski definition) is 0. The first-order chi connectivity index (χ1) is 9.15. The third-order valence-electron chi connectivity index (χ3n) is 3.87. The van der Waals surface area contributed by atoms with Crippen molar-refractivity contribution in [2.24, 2.45) is 5.41 Å². The Morgan fingerprint density at radius 1 is 1.11 bits per heavy atom. The number of hydrogen-bond acceptors (Lipinski definition) is 1. The van der Waals surface area contributed by atoms with E-state index in [1.165, 1.54) is 68.5 Å². The van der Waals surface area contributed by atoms with Gasteiger partial charge >= 0.3 is 0 Å². The van der Waals surface area contributed by atoms with Gasteiger partial charge in [-0.25, -0.2) is 8.78 Å². The van der Waals surface area contributed by atoms with Crippen LogP contribution in [0.3, 0.4) is 0 Å². The Morgan fingerprint density at radius 2 is 1.79 bits per heavy atom. The highest BCUT2D eigenvalue weighted by atomic mass is 79.9. The summed E-state index contributed by atoms with van der Waals surface area (Å²) in [5, 5.41) is 0.948. The molecule has 0 aromatic heterocycles. The molecule has 0 atom stereocenters. The molecule has 0 N–H and O–H groups in total. The Labute approximate surface area is 126 Å². The zero-order valence-corrected chi connectivity index (χ0v) is 13.3. The van der Waals surface area contributed by atoms with Crippen LogP contribution < -0.4 is 0 Å². The molecule has 106 valence electrons. The van der Waals surface area contributed by atoms with Gasteiger partial charge in [-0.2, -0.15) is 0 Å². The summed E-state index contributed by atoms with van der Waals surface area (Å²) in [6.45, 7) is 0. The molecule has 0 unspecified atom stereocenters. The molecule has 1 saturated carbocycles. The molecule has 0 saturated heterocycles. The van der Waals surface area contributed by atoms with Crippen LogP contribution in [0.15, 0.2) is 23.1 Å². The van der Waals surface area contributed by atoms with E-state index in [9.17, 15) is 8.78 Å². The predicted molar refractivity (Wildman–Crippen MR) is 81.0 cm³/mol. The van der Waals surface area contributed by atoms with E-state index in [0.29, 0.717) is 4.90 Å². The fraction of sp³-hybridized carbons (Fsp3) is 0.600. The van der Waals surface area contributed by atoms with E-state index in [-0.39, 0.29) is 17.0 Å². The van der Waals surface area contributed by atoms with Gasteiger partial charge in [0, 0.05) is 16.0 Å². The Kier molecular flexibility index (Phi) is 5.70. The van der Waals surface area contributed by atoms with Crippen molar-refractivity contribution < 1.29 is 8.78 Å². The third-order valence-corrected chi connectivity index (χ3v) is 6.44. The molecule has 1 aliphatic carbocycles. The second-order valence-corrected chi connectivity index (χ2v) is 6.99. The molecule has 1 aromatic carbocycles. The predicted octanol–water partition coefficient (Wildman–Crippen LogP) is 5.79. The lowest BCUT2D eigenvalue weighted by Gasteiger charge is -2.30. The maximum Gasteiger partial charge on any atom is 0.136 e. The van der Waals surface area contributed by atoms with Crippen molar-refractivity contribution in [3.63, 3.8) is 0 Å². The summed E-state index contributed by atoms with van der Waals surface area (Å²) in [6.07, 6.45) is 7.46. The second kappa shape index (κ2) is 7.07. The molecule has 19 heavy (non-hydrogen) atoms. The van der Waals surface area contributed by atoms with E-state index in [2.05, 4.69) is 15.9 Å². The SMILES string of the molecule is Fc1ccc(F)c(SCC2(CBr)CCCCCC2)c1. The number of rotatable bonds is 4. The fourth-order valence-corrected chi connectivity index (χ4v) is 4.89. The lowest BCUT2D eigenvalue weighted by Crippen LogP contribution is -2.25. The van der Waals surface area contributed by atoms with Gasteiger partial charge in [0.2, 0.25) is 0 Å². The van der Waals surface area contributed by atoms with E-state index < -0.39 is 0 Å². The van der Waals surface area contributed by atoms with Crippen LogP contribution in [0.4, 0.5) is 8.78 Å². The van der Waals surface area contributed by atoms with Crippen molar-refractivity contribution in [1.29, 1.82) is 0 Å². The Morgan fingerprint density at radius 3 is 2.42 bits per heavy atom. The van der Waals surface area contributed by atoms with Crippen molar-refractivity contribution in [3.05, 3.63) is 29.8 Å². The van der Waals surface area contributed by atoms with E-state index in [4.69, 9.17) is 0 Å². The molecule has 0 bridgehead atoms. The number of benzene rings is 1. The average Bonchev–Trinajstić information content (AvgIpc) is 2.66. The summed E-state index contributed by atoms with van der Waals surface area (Å²) in [5.74, 6) is 0.181. The molecule has 4 heteroatoms. The van der Waals surface area contributed by atoms with Gasteiger partial charge < -0.3 is 0 Å².